The second-order valence-corrected chi connectivity index (χ2v) is 10.1. The molecule has 7 heteroatoms. The number of likely N-dealkylation sites (tertiary alicyclic amines) is 1. The van der Waals surface area contributed by atoms with Gasteiger partial charge in [0.05, 0.1) is 6.04 Å². The first-order chi connectivity index (χ1) is 13.8. The van der Waals surface area contributed by atoms with Gasteiger partial charge in [0.1, 0.15) is 5.21 Å². The van der Waals surface area contributed by atoms with Gasteiger partial charge in [0.2, 0.25) is 15.9 Å². The molecule has 0 saturated carbocycles. The summed E-state index contributed by atoms with van der Waals surface area (Å²) in [5, 5.41) is -0.488. The number of nitrogens with zero attached hydrogens (tertiary/aromatic N) is 1. The zero-order chi connectivity index (χ0) is 21.0. The van der Waals surface area contributed by atoms with E-state index >= 15 is 0 Å². The molecule has 2 aromatic carbocycles. The summed E-state index contributed by atoms with van der Waals surface area (Å²) in [5.41, 5.74) is 3.28. The van der Waals surface area contributed by atoms with Gasteiger partial charge in [-0.05, 0) is 29.5 Å². The summed E-state index contributed by atoms with van der Waals surface area (Å²) >= 11 is 5.59. The number of sulfonamides is 1. The van der Waals surface area contributed by atoms with E-state index in [0.717, 1.165) is 16.7 Å². The minimum absolute atomic E-state index is 0.0433. The standard InChI is InChI=1S/C22H27ClN2O3S/c1-16(2)22(26)25-12-11-20(24-29(27,28)15-23)21(25)14-17-7-6-10-19(13-17)18-8-4-3-5-9-18/h3-10,13,16,20-21,24H,11-12,14-15H2,1-2H3/t20-,21-/m0/s1. The normalized spacial score (nSPS) is 19.7. The number of rotatable bonds is 7. The Balaban J connectivity index is 1.88. The lowest BCUT2D eigenvalue weighted by atomic mass is 9.96. The SMILES string of the molecule is CC(C)C(=O)N1CC[C@H](NS(=O)(=O)CCl)[C@@H]1Cc1cccc(-c2ccccc2)c1. The molecule has 0 aromatic heterocycles. The highest BCUT2D eigenvalue weighted by Crippen LogP contribution is 2.27. The van der Waals surface area contributed by atoms with Crippen LogP contribution in [0.15, 0.2) is 54.6 Å². The Kier molecular flexibility index (Phi) is 6.98. The van der Waals surface area contributed by atoms with Crippen LogP contribution in [0.2, 0.25) is 0 Å². The van der Waals surface area contributed by atoms with E-state index in [-0.39, 0.29) is 23.9 Å². The molecule has 1 aliphatic rings. The van der Waals surface area contributed by atoms with Gasteiger partial charge in [-0.15, -0.1) is 11.6 Å². The van der Waals surface area contributed by atoms with Crippen molar-refractivity contribution in [3.05, 3.63) is 60.2 Å². The predicted octanol–water partition coefficient (Wildman–Crippen LogP) is 3.64. The van der Waals surface area contributed by atoms with Crippen LogP contribution in [-0.2, 0) is 21.2 Å². The van der Waals surface area contributed by atoms with Gasteiger partial charge in [0.25, 0.3) is 0 Å². The molecule has 0 aliphatic carbocycles. The second kappa shape index (κ2) is 9.28. The van der Waals surface area contributed by atoms with Gasteiger partial charge in [-0.1, -0.05) is 68.4 Å². The fraction of sp³-hybridized carbons (Fsp3) is 0.409. The smallest absolute Gasteiger partial charge is 0.225 e. The van der Waals surface area contributed by atoms with E-state index in [1.54, 1.807) is 0 Å². The first-order valence-electron chi connectivity index (χ1n) is 9.81. The lowest BCUT2D eigenvalue weighted by Gasteiger charge is -2.30. The van der Waals surface area contributed by atoms with E-state index in [4.69, 9.17) is 11.6 Å². The number of alkyl halides is 1. The quantitative estimate of drug-likeness (QED) is 0.676. The summed E-state index contributed by atoms with van der Waals surface area (Å²) in [6.07, 6.45) is 1.16. The van der Waals surface area contributed by atoms with Crippen LogP contribution in [-0.4, -0.2) is 43.1 Å². The zero-order valence-corrected chi connectivity index (χ0v) is 18.3. The van der Waals surface area contributed by atoms with E-state index < -0.39 is 15.2 Å². The van der Waals surface area contributed by atoms with Gasteiger partial charge in [0, 0.05) is 18.5 Å². The number of benzene rings is 2. The number of halogens is 1. The van der Waals surface area contributed by atoms with Crippen LogP contribution in [0.3, 0.4) is 0 Å². The summed E-state index contributed by atoms with van der Waals surface area (Å²) in [4.78, 5) is 14.6. The van der Waals surface area contributed by atoms with Crippen LogP contribution in [0.5, 0.6) is 0 Å². The Morgan fingerprint density at radius 2 is 1.83 bits per heavy atom. The minimum Gasteiger partial charge on any atom is -0.337 e. The number of carbonyl (C=O) groups is 1. The molecule has 156 valence electrons. The van der Waals surface area contributed by atoms with Crippen LogP contribution < -0.4 is 4.72 Å². The highest BCUT2D eigenvalue weighted by Gasteiger charge is 2.39. The molecule has 3 rings (SSSR count). The molecule has 2 aromatic rings. The van der Waals surface area contributed by atoms with Crippen LogP contribution in [0.1, 0.15) is 25.8 Å². The Labute approximate surface area is 178 Å². The molecule has 0 radical (unpaired) electrons. The topological polar surface area (TPSA) is 66.5 Å². The third-order valence-electron chi connectivity index (χ3n) is 5.28. The molecule has 0 spiro atoms. The zero-order valence-electron chi connectivity index (χ0n) is 16.7. The van der Waals surface area contributed by atoms with Crippen molar-refractivity contribution in [1.29, 1.82) is 0 Å². The van der Waals surface area contributed by atoms with Crippen molar-refractivity contribution in [3.63, 3.8) is 0 Å². The maximum atomic E-state index is 12.7. The van der Waals surface area contributed by atoms with Gasteiger partial charge in [-0.25, -0.2) is 13.1 Å². The number of amides is 1. The molecule has 0 unspecified atom stereocenters. The number of hydrogen-bond donors (Lipinski definition) is 1. The largest absolute Gasteiger partial charge is 0.337 e. The molecule has 1 fully saturated rings. The van der Waals surface area contributed by atoms with E-state index in [2.05, 4.69) is 29.0 Å². The predicted molar refractivity (Wildman–Crippen MR) is 117 cm³/mol. The molecule has 1 amide bonds. The van der Waals surface area contributed by atoms with Crippen molar-refractivity contribution >= 4 is 27.5 Å². The first-order valence-corrected chi connectivity index (χ1v) is 12.0. The van der Waals surface area contributed by atoms with Gasteiger partial charge < -0.3 is 4.90 Å². The van der Waals surface area contributed by atoms with E-state index in [9.17, 15) is 13.2 Å². The van der Waals surface area contributed by atoms with Crippen LogP contribution in [0.25, 0.3) is 11.1 Å². The maximum Gasteiger partial charge on any atom is 0.225 e. The highest BCUT2D eigenvalue weighted by atomic mass is 35.5. The monoisotopic (exact) mass is 434 g/mol. The van der Waals surface area contributed by atoms with Crippen molar-refractivity contribution in [3.8, 4) is 11.1 Å². The fourth-order valence-corrected chi connectivity index (χ4v) is 4.85. The van der Waals surface area contributed by atoms with Gasteiger partial charge >= 0.3 is 0 Å². The Morgan fingerprint density at radius 1 is 1.14 bits per heavy atom. The molecule has 5 nitrogen and oxygen atoms in total. The number of hydrogen-bond acceptors (Lipinski definition) is 3. The van der Waals surface area contributed by atoms with Gasteiger partial charge in [-0.3, -0.25) is 4.79 Å². The molecule has 1 saturated heterocycles. The lowest BCUT2D eigenvalue weighted by molar-refractivity contribution is -0.135. The van der Waals surface area contributed by atoms with Crippen molar-refractivity contribution in [2.45, 2.75) is 38.8 Å². The van der Waals surface area contributed by atoms with Gasteiger partial charge in [-0.2, -0.15) is 0 Å². The van der Waals surface area contributed by atoms with Crippen LogP contribution in [0, 0.1) is 5.92 Å². The van der Waals surface area contributed by atoms with E-state index in [1.807, 2.05) is 49.1 Å². The van der Waals surface area contributed by atoms with Crippen molar-refractivity contribution in [2.75, 3.05) is 11.8 Å². The average molecular weight is 435 g/mol. The molecule has 0 bridgehead atoms. The minimum atomic E-state index is -3.57. The van der Waals surface area contributed by atoms with Crippen LogP contribution >= 0.6 is 11.6 Å². The summed E-state index contributed by atoms with van der Waals surface area (Å²) in [5.74, 6) is -0.0988. The Morgan fingerprint density at radius 3 is 2.48 bits per heavy atom. The number of carbonyl (C=O) groups excluding carboxylic acids is 1. The summed E-state index contributed by atoms with van der Waals surface area (Å²) in [6, 6.07) is 17.7. The Bertz CT molecular complexity index is 948. The molecule has 2 atom stereocenters. The fourth-order valence-electron chi connectivity index (χ4n) is 3.86. The third-order valence-corrected chi connectivity index (χ3v) is 7.09. The second-order valence-electron chi connectivity index (χ2n) is 7.76. The van der Waals surface area contributed by atoms with Crippen molar-refractivity contribution < 1.29 is 13.2 Å². The van der Waals surface area contributed by atoms with E-state index in [0.29, 0.717) is 19.4 Å². The molecule has 1 aliphatic heterocycles. The molecular weight excluding hydrogens is 408 g/mol. The van der Waals surface area contributed by atoms with Gasteiger partial charge in [0.15, 0.2) is 0 Å². The molecule has 1 N–H and O–H groups in total. The number of nitrogens with one attached hydrogen (secondary N) is 1. The summed E-state index contributed by atoms with van der Waals surface area (Å²) in [6.45, 7) is 4.27. The van der Waals surface area contributed by atoms with Crippen molar-refractivity contribution in [1.82, 2.24) is 9.62 Å². The molecule has 1 heterocycles. The molecule has 29 heavy (non-hydrogen) atoms. The average Bonchev–Trinajstić information content (AvgIpc) is 3.09. The third kappa shape index (κ3) is 5.38. The molecular formula is C22H27ClN2O3S. The Hall–Kier alpha value is -1.89. The highest BCUT2D eigenvalue weighted by molar-refractivity contribution is 7.90. The van der Waals surface area contributed by atoms with E-state index in [1.165, 1.54) is 0 Å². The summed E-state index contributed by atoms with van der Waals surface area (Å²) < 4.78 is 26.8. The summed E-state index contributed by atoms with van der Waals surface area (Å²) in [7, 11) is -3.57. The lowest BCUT2D eigenvalue weighted by Crippen LogP contribution is -2.49. The first kappa shape index (κ1) is 21.8. The van der Waals surface area contributed by atoms with Crippen molar-refractivity contribution in [2.24, 2.45) is 5.92 Å². The van der Waals surface area contributed by atoms with Crippen LogP contribution in [0.4, 0.5) is 0 Å². The maximum absolute atomic E-state index is 12.7.